The maximum Gasteiger partial charge on any atom is 0.335 e. The van der Waals surface area contributed by atoms with E-state index in [2.05, 4.69) is 0 Å². The molecule has 0 atom stereocenters. The summed E-state index contributed by atoms with van der Waals surface area (Å²) in [7, 11) is -3.53. The molecule has 0 saturated carbocycles. The van der Waals surface area contributed by atoms with E-state index >= 15 is 0 Å². The molecule has 7 heteroatoms. The molecule has 0 aliphatic heterocycles. The Kier molecular flexibility index (Phi) is 4.85. The van der Waals surface area contributed by atoms with Gasteiger partial charge < -0.3 is 5.11 Å². The molecule has 0 aliphatic carbocycles. The second-order valence-corrected chi connectivity index (χ2v) is 6.73. The summed E-state index contributed by atoms with van der Waals surface area (Å²) < 4.78 is 23.8. The van der Waals surface area contributed by atoms with E-state index in [0.717, 1.165) is 6.07 Å². The number of halogens is 1. The number of thioether (sulfide) groups is 1. The number of sulfone groups is 1. The Labute approximate surface area is 109 Å². The van der Waals surface area contributed by atoms with Gasteiger partial charge in [0.2, 0.25) is 0 Å². The standard InChI is InChI=1S/C10H11ClO4S2/c1-16-4-5-17(14,15)9-6-7(10(12)13)2-3-8(9)11/h2-3,6H,4-5H2,1H3,(H,12,13). The molecule has 0 aliphatic rings. The summed E-state index contributed by atoms with van der Waals surface area (Å²) >= 11 is 7.19. The smallest absolute Gasteiger partial charge is 0.335 e. The number of carboxylic acid groups (broad SMARTS) is 1. The van der Waals surface area contributed by atoms with Gasteiger partial charge in [-0.25, -0.2) is 13.2 Å². The monoisotopic (exact) mass is 294 g/mol. The highest BCUT2D eigenvalue weighted by Gasteiger charge is 2.19. The Morgan fingerprint density at radius 2 is 2.12 bits per heavy atom. The number of aromatic carboxylic acids is 1. The summed E-state index contributed by atoms with van der Waals surface area (Å²) in [6, 6.07) is 3.66. The van der Waals surface area contributed by atoms with Gasteiger partial charge >= 0.3 is 5.97 Å². The maximum absolute atomic E-state index is 11.9. The average Bonchev–Trinajstić information content (AvgIpc) is 2.26. The molecule has 0 radical (unpaired) electrons. The topological polar surface area (TPSA) is 71.4 Å². The Balaban J connectivity index is 3.20. The van der Waals surface area contributed by atoms with Crippen molar-refractivity contribution in [3.05, 3.63) is 28.8 Å². The molecule has 17 heavy (non-hydrogen) atoms. The van der Waals surface area contributed by atoms with E-state index in [-0.39, 0.29) is 21.2 Å². The minimum Gasteiger partial charge on any atom is -0.478 e. The van der Waals surface area contributed by atoms with Crippen LogP contribution in [0.25, 0.3) is 0 Å². The van der Waals surface area contributed by atoms with E-state index in [4.69, 9.17) is 16.7 Å². The van der Waals surface area contributed by atoms with Crippen LogP contribution in [-0.2, 0) is 9.84 Å². The van der Waals surface area contributed by atoms with E-state index in [1.807, 2.05) is 0 Å². The first-order valence-corrected chi connectivity index (χ1v) is 8.05. The minimum absolute atomic E-state index is 0.0519. The van der Waals surface area contributed by atoms with Gasteiger partial charge in [-0.15, -0.1) is 0 Å². The summed E-state index contributed by atoms with van der Waals surface area (Å²) in [5.41, 5.74) is -0.0860. The zero-order valence-electron chi connectivity index (χ0n) is 9.01. The van der Waals surface area contributed by atoms with E-state index in [0.29, 0.717) is 5.75 Å². The van der Waals surface area contributed by atoms with E-state index in [9.17, 15) is 13.2 Å². The van der Waals surface area contributed by atoms with Crippen molar-refractivity contribution in [2.24, 2.45) is 0 Å². The predicted octanol–water partition coefficient (Wildman–Crippen LogP) is 2.17. The Bertz CT molecular complexity index is 525. The zero-order valence-corrected chi connectivity index (χ0v) is 11.4. The largest absolute Gasteiger partial charge is 0.478 e. The van der Waals surface area contributed by atoms with Crippen LogP contribution >= 0.6 is 23.4 Å². The molecule has 4 nitrogen and oxygen atoms in total. The number of rotatable bonds is 5. The number of hydrogen-bond donors (Lipinski definition) is 1. The fourth-order valence-electron chi connectivity index (χ4n) is 1.18. The maximum atomic E-state index is 11.9. The van der Waals surface area contributed by atoms with Crippen molar-refractivity contribution in [1.29, 1.82) is 0 Å². The van der Waals surface area contributed by atoms with E-state index in [1.165, 1.54) is 23.9 Å². The Morgan fingerprint density at radius 1 is 1.47 bits per heavy atom. The SMILES string of the molecule is CSCCS(=O)(=O)c1cc(C(=O)O)ccc1Cl. The Morgan fingerprint density at radius 3 is 2.65 bits per heavy atom. The second kappa shape index (κ2) is 5.75. The van der Waals surface area contributed by atoms with Gasteiger partial charge in [0.25, 0.3) is 0 Å². The first-order chi connectivity index (χ1) is 7.88. The third-order valence-electron chi connectivity index (χ3n) is 2.07. The molecule has 0 spiro atoms. The molecule has 94 valence electrons. The minimum atomic E-state index is -3.53. The summed E-state index contributed by atoms with van der Waals surface area (Å²) in [6.07, 6.45) is 1.80. The summed E-state index contributed by atoms with van der Waals surface area (Å²) in [5, 5.41) is 8.85. The normalized spacial score (nSPS) is 11.4. The Hall–Kier alpha value is -0.720. The lowest BCUT2D eigenvalue weighted by molar-refractivity contribution is 0.0696. The number of carbonyl (C=O) groups is 1. The van der Waals surface area contributed by atoms with Crippen LogP contribution in [0.2, 0.25) is 5.02 Å². The van der Waals surface area contributed by atoms with Gasteiger partial charge in [0, 0.05) is 5.75 Å². The number of carboxylic acids is 1. The molecule has 1 aromatic rings. The molecule has 1 aromatic carbocycles. The van der Waals surface area contributed by atoms with Gasteiger partial charge in [0.05, 0.1) is 21.2 Å². The molecule has 0 aromatic heterocycles. The third kappa shape index (κ3) is 3.62. The van der Waals surface area contributed by atoms with Crippen molar-refractivity contribution in [2.75, 3.05) is 17.8 Å². The van der Waals surface area contributed by atoms with Gasteiger partial charge in [-0.3, -0.25) is 0 Å². The van der Waals surface area contributed by atoms with Crippen molar-refractivity contribution in [3.8, 4) is 0 Å². The number of hydrogen-bond acceptors (Lipinski definition) is 4. The van der Waals surface area contributed by atoms with Crippen molar-refractivity contribution in [3.63, 3.8) is 0 Å². The van der Waals surface area contributed by atoms with Crippen LogP contribution in [0, 0.1) is 0 Å². The summed E-state index contributed by atoms with van der Waals surface area (Å²) in [5.74, 6) is -0.796. The lowest BCUT2D eigenvalue weighted by atomic mass is 10.2. The van der Waals surface area contributed by atoms with Gasteiger partial charge in [0.15, 0.2) is 9.84 Å². The van der Waals surface area contributed by atoms with Crippen molar-refractivity contribution in [2.45, 2.75) is 4.90 Å². The summed E-state index contributed by atoms with van der Waals surface area (Å²) in [4.78, 5) is 10.6. The highest BCUT2D eigenvalue weighted by atomic mass is 35.5. The predicted molar refractivity (Wildman–Crippen MR) is 68.8 cm³/mol. The average molecular weight is 295 g/mol. The lowest BCUT2D eigenvalue weighted by Crippen LogP contribution is -2.10. The molecular weight excluding hydrogens is 284 g/mol. The second-order valence-electron chi connectivity index (χ2n) is 3.26. The van der Waals surface area contributed by atoms with Gasteiger partial charge in [-0.1, -0.05) is 11.6 Å². The van der Waals surface area contributed by atoms with Crippen LogP contribution in [0.4, 0.5) is 0 Å². The molecule has 0 unspecified atom stereocenters. The molecule has 0 heterocycles. The first kappa shape index (κ1) is 14.3. The van der Waals surface area contributed by atoms with Crippen LogP contribution in [0.1, 0.15) is 10.4 Å². The highest BCUT2D eigenvalue weighted by Crippen LogP contribution is 2.24. The van der Waals surface area contributed by atoms with Crippen LogP contribution in [0.15, 0.2) is 23.1 Å². The number of benzene rings is 1. The summed E-state index contributed by atoms with van der Waals surface area (Å²) in [6.45, 7) is 0. The molecule has 0 amide bonds. The molecule has 0 bridgehead atoms. The molecular formula is C10H11ClO4S2. The molecule has 1 N–H and O–H groups in total. The van der Waals surface area contributed by atoms with Crippen molar-refractivity contribution >= 4 is 39.2 Å². The molecule has 0 saturated heterocycles. The highest BCUT2D eigenvalue weighted by molar-refractivity contribution is 8.00. The van der Waals surface area contributed by atoms with Crippen molar-refractivity contribution < 1.29 is 18.3 Å². The van der Waals surface area contributed by atoms with E-state index in [1.54, 1.807) is 6.26 Å². The molecule has 0 fully saturated rings. The fourth-order valence-corrected chi connectivity index (χ4v) is 4.08. The fraction of sp³-hybridized carbons (Fsp3) is 0.300. The van der Waals surface area contributed by atoms with Crippen LogP contribution in [0.5, 0.6) is 0 Å². The zero-order chi connectivity index (χ0) is 13.1. The molecule has 1 rings (SSSR count). The van der Waals surface area contributed by atoms with Gasteiger partial charge in [-0.05, 0) is 24.5 Å². The van der Waals surface area contributed by atoms with Gasteiger partial charge in [0.1, 0.15) is 0 Å². The van der Waals surface area contributed by atoms with Crippen LogP contribution < -0.4 is 0 Å². The van der Waals surface area contributed by atoms with Crippen LogP contribution in [-0.4, -0.2) is 37.3 Å². The first-order valence-electron chi connectivity index (χ1n) is 4.63. The lowest BCUT2D eigenvalue weighted by Gasteiger charge is -2.06. The van der Waals surface area contributed by atoms with Crippen LogP contribution in [0.3, 0.4) is 0 Å². The van der Waals surface area contributed by atoms with E-state index < -0.39 is 15.8 Å². The quantitative estimate of drug-likeness (QED) is 0.901. The van der Waals surface area contributed by atoms with Gasteiger partial charge in [-0.2, -0.15) is 11.8 Å². The third-order valence-corrected chi connectivity index (χ3v) is 5.13. The van der Waals surface area contributed by atoms with Crippen molar-refractivity contribution in [1.82, 2.24) is 0 Å².